The normalized spacial score (nSPS) is 22.5. The first-order valence-corrected chi connectivity index (χ1v) is 12.7. The molecule has 3 atom stereocenters. The lowest BCUT2D eigenvalue weighted by Gasteiger charge is -2.35. The average molecular weight is 524 g/mol. The second-order valence-electron chi connectivity index (χ2n) is 10.8. The summed E-state index contributed by atoms with van der Waals surface area (Å²) < 4.78 is 5.67. The first-order valence-electron chi connectivity index (χ1n) is 12.7. The van der Waals surface area contributed by atoms with Gasteiger partial charge in [-0.2, -0.15) is 0 Å². The molecule has 0 aliphatic carbocycles. The van der Waals surface area contributed by atoms with E-state index >= 15 is 0 Å². The number of β-amino-alcohol motifs (C(OH)–C–C–N with tert-alkyl or cyclic N) is 2. The Morgan fingerprint density at radius 3 is 2.61 bits per heavy atom. The maximum absolute atomic E-state index is 13.6. The number of aliphatic hydroxyl groups excluding tert-OH is 1. The van der Waals surface area contributed by atoms with Crippen molar-refractivity contribution in [3.05, 3.63) is 57.3 Å². The second kappa shape index (κ2) is 9.21. The summed E-state index contributed by atoms with van der Waals surface area (Å²) in [6.07, 6.45) is 0.525. The molecule has 202 valence electrons. The number of aryl methyl sites for hydroxylation is 1. The number of nitrogens with zero attached hydrogens (tertiary/aromatic N) is 7. The maximum atomic E-state index is 13.6. The van der Waals surface area contributed by atoms with Crippen LogP contribution in [0.5, 0.6) is 0 Å². The van der Waals surface area contributed by atoms with E-state index in [1.165, 1.54) is 34.5 Å². The number of carbonyl (C=O) groups excluding carboxylic acids is 1. The average Bonchev–Trinajstić information content (AvgIpc) is 3.43. The van der Waals surface area contributed by atoms with Gasteiger partial charge in [-0.1, -0.05) is 26.0 Å². The van der Waals surface area contributed by atoms with Crippen molar-refractivity contribution in [3.63, 3.8) is 0 Å². The number of rotatable bonds is 4. The van der Waals surface area contributed by atoms with Crippen LogP contribution < -0.4 is 11.2 Å². The standard InChI is InChI=1S/C26H33N7O5/c1-15(2)22-28-17-8-6-7-9-18(17)32(22)12-20(35)31-11-16(34)10-19(26(3,38)13-31)33-14-27-23-21(33)24(36)30(5)25(37)29(23)4/h6-9,14-16,19,34,38H,10-13H2,1-5H3/t16-,19-,26-/m1/s1. The van der Waals surface area contributed by atoms with E-state index < -0.39 is 29.0 Å². The van der Waals surface area contributed by atoms with Gasteiger partial charge in [-0.3, -0.25) is 18.7 Å². The van der Waals surface area contributed by atoms with Crippen LogP contribution in [0.2, 0.25) is 0 Å². The fraction of sp³-hybridized carbons (Fsp3) is 0.500. The molecule has 3 aromatic heterocycles. The van der Waals surface area contributed by atoms with Gasteiger partial charge in [0.15, 0.2) is 11.2 Å². The van der Waals surface area contributed by atoms with Gasteiger partial charge in [-0.05, 0) is 25.5 Å². The third-order valence-corrected chi connectivity index (χ3v) is 7.51. The molecule has 0 saturated carbocycles. The van der Waals surface area contributed by atoms with Crippen LogP contribution in [0.4, 0.5) is 0 Å². The smallest absolute Gasteiger partial charge is 0.332 e. The summed E-state index contributed by atoms with van der Waals surface area (Å²) in [7, 11) is 2.90. The van der Waals surface area contributed by atoms with Gasteiger partial charge in [0, 0.05) is 26.6 Å². The van der Waals surface area contributed by atoms with E-state index in [0.29, 0.717) is 0 Å². The van der Waals surface area contributed by atoms with E-state index in [4.69, 9.17) is 4.98 Å². The highest BCUT2D eigenvalue weighted by atomic mass is 16.3. The molecule has 1 aliphatic heterocycles. The molecule has 4 aromatic rings. The first-order chi connectivity index (χ1) is 17.9. The third-order valence-electron chi connectivity index (χ3n) is 7.51. The Morgan fingerprint density at radius 2 is 1.89 bits per heavy atom. The molecule has 4 heterocycles. The van der Waals surface area contributed by atoms with Crippen molar-refractivity contribution in [1.82, 2.24) is 33.1 Å². The summed E-state index contributed by atoms with van der Waals surface area (Å²) in [5.41, 5.74) is -0.586. The highest BCUT2D eigenvalue weighted by molar-refractivity contribution is 5.81. The van der Waals surface area contributed by atoms with Crippen molar-refractivity contribution in [1.29, 1.82) is 0 Å². The molecular formula is C26H33N7O5. The van der Waals surface area contributed by atoms with Crippen LogP contribution in [-0.2, 0) is 25.4 Å². The summed E-state index contributed by atoms with van der Waals surface area (Å²) in [4.78, 5) is 49.4. The molecular weight excluding hydrogens is 490 g/mol. The lowest BCUT2D eigenvalue weighted by Crippen LogP contribution is -2.48. The maximum Gasteiger partial charge on any atom is 0.332 e. The Kier molecular flexibility index (Phi) is 6.27. The van der Waals surface area contributed by atoms with Crippen LogP contribution in [-0.4, -0.2) is 74.1 Å². The third kappa shape index (κ3) is 4.13. The van der Waals surface area contributed by atoms with E-state index in [0.717, 1.165) is 21.4 Å². The van der Waals surface area contributed by atoms with Gasteiger partial charge in [0.1, 0.15) is 18.0 Å². The molecule has 1 saturated heterocycles. The van der Waals surface area contributed by atoms with Gasteiger partial charge in [0.05, 0.1) is 36.1 Å². The van der Waals surface area contributed by atoms with Gasteiger partial charge < -0.3 is 24.2 Å². The summed E-state index contributed by atoms with van der Waals surface area (Å²) in [5, 5.41) is 22.6. The highest BCUT2D eigenvalue weighted by Gasteiger charge is 2.42. The monoisotopic (exact) mass is 523 g/mol. The number of hydrogen-bond donors (Lipinski definition) is 2. The Balaban J connectivity index is 1.50. The van der Waals surface area contributed by atoms with Crippen LogP contribution >= 0.6 is 0 Å². The molecule has 2 N–H and O–H groups in total. The zero-order valence-electron chi connectivity index (χ0n) is 22.2. The van der Waals surface area contributed by atoms with Crippen LogP contribution in [0.15, 0.2) is 40.2 Å². The minimum Gasteiger partial charge on any atom is -0.391 e. The molecule has 12 nitrogen and oxygen atoms in total. The Bertz CT molecular complexity index is 1660. The molecule has 12 heteroatoms. The topological polar surface area (TPSA) is 140 Å². The number of likely N-dealkylation sites (tertiary alicyclic amines) is 1. The largest absolute Gasteiger partial charge is 0.391 e. The summed E-state index contributed by atoms with van der Waals surface area (Å²) in [6.45, 7) is 5.59. The number of benzene rings is 1. The van der Waals surface area contributed by atoms with E-state index in [-0.39, 0.29) is 49.0 Å². The lowest BCUT2D eigenvalue weighted by atomic mass is 9.92. The number of fused-ring (bicyclic) bond motifs is 2. The molecule has 0 unspecified atom stereocenters. The molecule has 1 amide bonds. The minimum absolute atomic E-state index is 0.0121. The zero-order chi connectivity index (χ0) is 27.5. The summed E-state index contributed by atoms with van der Waals surface area (Å²) in [6, 6.07) is 6.85. The molecule has 0 bridgehead atoms. The molecule has 1 fully saturated rings. The molecule has 1 aliphatic rings. The molecule has 38 heavy (non-hydrogen) atoms. The Labute approximate surface area is 218 Å². The highest BCUT2D eigenvalue weighted by Crippen LogP contribution is 2.33. The number of imidazole rings is 2. The number of carbonyl (C=O) groups is 1. The quantitative estimate of drug-likeness (QED) is 0.397. The number of para-hydroxylation sites is 2. The van der Waals surface area contributed by atoms with Crippen molar-refractivity contribution in [2.24, 2.45) is 14.1 Å². The number of amides is 1. The Morgan fingerprint density at radius 1 is 1.18 bits per heavy atom. The van der Waals surface area contributed by atoms with Crippen molar-refractivity contribution in [3.8, 4) is 0 Å². The van der Waals surface area contributed by atoms with E-state index in [1.807, 2.05) is 42.7 Å². The first kappa shape index (κ1) is 25.9. The van der Waals surface area contributed by atoms with Crippen molar-refractivity contribution in [2.45, 2.75) is 57.4 Å². The summed E-state index contributed by atoms with van der Waals surface area (Å²) in [5.74, 6) is 0.611. The van der Waals surface area contributed by atoms with Gasteiger partial charge in [0.2, 0.25) is 5.91 Å². The number of hydrogen-bond acceptors (Lipinski definition) is 7. The lowest BCUT2D eigenvalue weighted by molar-refractivity contribution is -0.136. The zero-order valence-corrected chi connectivity index (χ0v) is 22.2. The van der Waals surface area contributed by atoms with Crippen LogP contribution in [0.25, 0.3) is 22.2 Å². The fourth-order valence-electron chi connectivity index (χ4n) is 5.54. The van der Waals surface area contributed by atoms with Crippen molar-refractivity contribution >= 4 is 28.1 Å². The van der Waals surface area contributed by atoms with Crippen molar-refractivity contribution < 1.29 is 15.0 Å². The number of aliphatic hydroxyl groups is 2. The molecule has 5 rings (SSSR count). The molecule has 0 radical (unpaired) electrons. The van der Waals surface area contributed by atoms with Crippen LogP contribution in [0.1, 0.15) is 45.0 Å². The second-order valence-corrected chi connectivity index (χ2v) is 10.8. The van der Waals surface area contributed by atoms with Crippen molar-refractivity contribution in [2.75, 3.05) is 13.1 Å². The fourth-order valence-corrected chi connectivity index (χ4v) is 5.54. The molecule has 0 spiro atoms. The predicted molar refractivity (Wildman–Crippen MR) is 141 cm³/mol. The minimum atomic E-state index is -1.52. The predicted octanol–water partition coefficient (Wildman–Crippen LogP) is 0.492. The van der Waals surface area contributed by atoms with Crippen LogP contribution in [0.3, 0.4) is 0 Å². The molecule has 1 aromatic carbocycles. The van der Waals surface area contributed by atoms with E-state index in [2.05, 4.69) is 4.98 Å². The van der Waals surface area contributed by atoms with Gasteiger partial charge in [-0.15, -0.1) is 0 Å². The summed E-state index contributed by atoms with van der Waals surface area (Å²) >= 11 is 0. The SMILES string of the molecule is CC(C)c1nc2ccccc2n1CC(=O)N1C[C@H](O)C[C@@H](n2cnc3c2c(=O)n(C)c(=O)n3C)[C@](C)(O)C1. The van der Waals surface area contributed by atoms with Crippen LogP contribution in [0, 0.1) is 0 Å². The Hall–Kier alpha value is -3.77. The number of aromatic nitrogens is 6. The van der Waals surface area contributed by atoms with Gasteiger partial charge in [0.25, 0.3) is 5.56 Å². The van der Waals surface area contributed by atoms with Gasteiger partial charge in [-0.25, -0.2) is 14.8 Å². The van der Waals surface area contributed by atoms with E-state index in [9.17, 15) is 24.6 Å². The van der Waals surface area contributed by atoms with Gasteiger partial charge >= 0.3 is 5.69 Å². The van der Waals surface area contributed by atoms with E-state index in [1.54, 1.807) is 6.92 Å².